The van der Waals surface area contributed by atoms with Crippen molar-refractivity contribution >= 4 is 5.91 Å². The molecule has 0 bridgehead atoms. The van der Waals surface area contributed by atoms with E-state index in [-0.39, 0.29) is 5.91 Å². The first kappa shape index (κ1) is 12.7. The second-order valence-corrected chi connectivity index (χ2v) is 6.08. The third-order valence-corrected chi connectivity index (χ3v) is 4.28. The summed E-state index contributed by atoms with van der Waals surface area (Å²) in [6.45, 7) is 7.64. The molecule has 0 spiro atoms. The van der Waals surface area contributed by atoms with Gasteiger partial charge in [-0.25, -0.2) is 0 Å². The number of likely N-dealkylation sites (tertiary alicyclic amines) is 2. The normalized spacial score (nSPS) is 27.2. The van der Waals surface area contributed by atoms with Crippen LogP contribution in [0.2, 0.25) is 0 Å². The highest BCUT2D eigenvalue weighted by Gasteiger charge is 2.44. The molecule has 2 aliphatic rings. The van der Waals surface area contributed by atoms with Crippen molar-refractivity contribution in [1.82, 2.24) is 9.80 Å². The molecule has 2 atom stereocenters. The highest BCUT2D eigenvalue weighted by molar-refractivity contribution is 5.92. The number of furan rings is 1. The van der Waals surface area contributed by atoms with Gasteiger partial charge in [-0.3, -0.25) is 9.69 Å². The first-order valence-electron chi connectivity index (χ1n) is 7.25. The summed E-state index contributed by atoms with van der Waals surface area (Å²) < 4.78 is 5.24. The van der Waals surface area contributed by atoms with Crippen LogP contribution in [0.5, 0.6) is 0 Å². The predicted octanol–water partition coefficient (Wildman–Crippen LogP) is 2.22. The minimum atomic E-state index is 0.0592. The standard InChI is InChI=1S/C15H22N2O2/c1-11(2)10-16-7-5-13-12(16)6-8-17(13)15(18)14-4-3-9-19-14/h3-4,9,11-13H,5-8,10H2,1-2H3/t12-,13+/m0/s1. The summed E-state index contributed by atoms with van der Waals surface area (Å²) in [4.78, 5) is 17.0. The smallest absolute Gasteiger partial charge is 0.289 e. The number of nitrogens with zero attached hydrogens (tertiary/aromatic N) is 2. The Balaban J connectivity index is 1.70. The second kappa shape index (κ2) is 5.00. The Morgan fingerprint density at radius 3 is 2.84 bits per heavy atom. The number of hydrogen-bond donors (Lipinski definition) is 0. The summed E-state index contributed by atoms with van der Waals surface area (Å²) in [6, 6.07) is 4.48. The maximum absolute atomic E-state index is 12.4. The van der Waals surface area contributed by atoms with Gasteiger partial charge >= 0.3 is 0 Å². The molecule has 3 rings (SSSR count). The van der Waals surface area contributed by atoms with Gasteiger partial charge in [-0.2, -0.15) is 0 Å². The number of hydrogen-bond acceptors (Lipinski definition) is 3. The van der Waals surface area contributed by atoms with Crippen molar-refractivity contribution in [3.63, 3.8) is 0 Å². The van der Waals surface area contributed by atoms with Crippen LogP contribution >= 0.6 is 0 Å². The zero-order chi connectivity index (χ0) is 13.4. The molecular weight excluding hydrogens is 240 g/mol. The van der Waals surface area contributed by atoms with Gasteiger partial charge in [-0.05, 0) is 30.9 Å². The Kier molecular flexibility index (Phi) is 3.35. The molecule has 2 fully saturated rings. The summed E-state index contributed by atoms with van der Waals surface area (Å²) in [5, 5.41) is 0. The van der Waals surface area contributed by atoms with Gasteiger partial charge in [0.15, 0.2) is 5.76 Å². The van der Waals surface area contributed by atoms with Gasteiger partial charge in [-0.15, -0.1) is 0 Å². The molecule has 0 aliphatic carbocycles. The molecule has 0 N–H and O–H groups in total. The number of amides is 1. The lowest BCUT2D eigenvalue weighted by Crippen LogP contribution is -2.40. The van der Waals surface area contributed by atoms with E-state index in [0.717, 1.165) is 32.5 Å². The van der Waals surface area contributed by atoms with Crippen LogP contribution in [0.1, 0.15) is 37.2 Å². The predicted molar refractivity (Wildman–Crippen MR) is 73.0 cm³/mol. The molecule has 1 aromatic rings. The largest absolute Gasteiger partial charge is 0.459 e. The van der Waals surface area contributed by atoms with Gasteiger partial charge in [0.1, 0.15) is 0 Å². The van der Waals surface area contributed by atoms with Crippen molar-refractivity contribution in [3.8, 4) is 0 Å². The number of carbonyl (C=O) groups is 1. The molecular formula is C15H22N2O2. The van der Waals surface area contributed by atoms with E-state index in [2.05, 4.69) is 18.7 Å². The second-order valence-electron chi connectivity index (χ2n) is 6.08. The van der Waals surface area contributed by atoms with Crippen molar-refractivity contribution in [2.24, 2.45) is 5.92 Å². The van der Waals surface area contributed by atoms with Gasteiger partial charge in [-0.1, -0.05) is 13.8 Å². The third kappa shape index (κ3) is 2.29. The van der Waals surface area contributed by atoms with Crippen LogP contribution in [0.25, 0.3) is 0 Å². The molecule has 0 saturated carbocycles. The minimum absolute atomic E-state index is 0.0592. The van der Waals surface area contributed by atoms with Crippen molar-refractivity contribution in [2.45, 2.75) is 38.8 Å². The molecule has 1 aromatic heterocycles. The first-order chi connectivity index (χ1) is 9.16. The van der Waals surface area contributed by atoms with E-state index in [4.69, 9.17) is 4.42 Å². The van der Waals surface area contributed by atoms with E-state index in [9.17, 15) is 4.79 Å². The monoisotopic (exact) mass is 262 g/mol. The van der Waals surface area contributed by atoms with Gasteiger partial charge in [0, 0.05) is 31.7 Å². The van der Waals surface area contributed by atoms with E-state index in [1.807, 2.05) is 4.90 Å². The minimum Gasteiger partial charge on any atom is -0.459 e. The fourth-order valence-corrected chi connectivity index (χ4v) is 3.56. The Labute approximate surface area is 114 Å². The Hall–Kier alpha value is -1.29. The molecule has 0 unspecified atom stereocenters. The molecule has 0 radical (unpaired) electrons. The van der Waals surface area contributed by atoms with Crippen molar-refractivity contribution in [2.75, 3.05) is 19.6 Å². The summed E-state index contributed by atoms with van der Waals surface area (Å²) >= 11 is 0. The zero-order valence-electron chi connectivity index (χ0n) is 11.7. The molecule has 2 saturated heterocycles. The quantitative estimate of drug-likeness (QED) is 0.838. The third-order valence-electron chi connectivity index (χ3n) is 4.28. The molecule has 4 nitrogen and oxygen atoms in total. The van der Waals surface area contributed by atoms with Crippen LogP contribution in [0, 0.1) is 5.92 Å². The lowest BCUT2D eigenvalue weighted by atomic mass is 10.1. The molecule has 2 aliphatic heterocycles. The van der Waals surface area contributed by atoms with E-state index >= 15 is 0 Å². The lowest BCUT2D eigenvalue weighted by Gasteiger charge is -2.26. The van der Waals surface area contributed by atoms with Crippen molar-refractivity contribution in [1.29, 1.82) is 0 Å². The van der Waals surface area contributed by atoms with Crippen LogP contribution < -0.4 is 0 Å². The van der Waals surface area contributed by atoms with Crippen LogP contribution in [0.4, 0.5) is 0 Å². The summed E-state index contributed by atoms with van der Waals surface area (Å²) in [5.74, 6) is 1.22. The molecule has 19 heavy (non-hydrogen) atoms. The van der Waals surface area contributed by atoms with Crippen LogP contribution in [-0.4, -0.2) is 47.4 Å². The maximum atomic E-state index is 12.4. The first-order valence-corrected chi connectivity index (χ1v) is 7.25. The van der Waals surface area contributed by atoms with E-state index in [0.29, 0.717) is 23.8 Å². The fraction of sp³-hybridized carbons (Fsp3) is 0.667. The fourth-order valence-electron chi connectivity index (χ4n) is 3.56. The molecule has 3 heterocycles. The Morgan fingerprint density at radius 2 is 2.16 bits per heavy atom. The highest BCUT2D eigenvalue weighted by Crippen LogP contribution is 2.33. The highest BCUT2D eigenvalue weighted by atomic mass is 16.3. The molecule has 1 amide bonds. The molecule has 104 valence electrons. The van der Waals surface area contributed by atoms with Gasteiger partial charge in [0.25, 0.3) is 5.91 Å². The van der Waals surface area contributed by atoms with Crippen molar-refractivity contribution in [3.05, 3.63) is 24.2 Å². The Morgan fingerprint density at radius 1 is 1.37 bits per heavy atom. The van der Waals surface area contributed by atoms with Crippen molar-refractivity contribution < 1.29 is 9.21 Å². The van der Waals surface area contributed by atoms with Gasteiger partial charge in [0.05, 0.1) is 6.26 Å². The maximum Gasteiger partial charge on any atom is 0.289 e. The summed E-state index contributed by atoms with van der Waals surface area (Å²) in [7, 11) is 0. The van der Waals surface area contributed by atoms with E-state index in [1.165, 1.54) is 0 Å². The Bertz CT molecular complexity index is 441. The van der Waals surface area contributed by atoms with Crippen LogP contribution in [0.3, 0.4) is 0 Å². The van der Waals surface area contributed by atoms with Gasteiger partial charge in [0.2, 0.25) is 0 Å². The topological polar surface area (TPSA) is 36.7 Å². The summed E-state index contributed by atoms with van der Waals surface area (Å²) in [5.41, 5.74) is 0. The summed E-state index contributed by atoms with van der Waals surface area (Å²) in [6.07, 6.45) is 3.77. The zero-order valence-corrected chi connectivity index (χ0v) is 11.7. The van der Waals surface area contributed by atoms with Gasteiger partial charge < -0.3 is 9.32 Å². The van der Waals surface area contributed by atoms with Crippen LogP contribution in [0.15, 0.2) is 22.8 Å². The SMILES string of the molecule is CC(C)CN1CC[C@@H]2[C@@H]1CCN2C(=O)c1ccco1. The molecule has 4 heteroatoms. The average Bonchev–Trinajstić information content (AvgIpc) is 3.04. The molecule has 0 aromatic carbocycles. The van der Waals surface area contributed by atoms with E-state index in [1.54, 1.807) is 18.4 Å². The number of carbonyl (C=O) groups excluding carboxylic acids is 1. The van der Waals surface area contributed by atoms with E-state index < -0.39 is 0 Å². The van der Waals surface area contributed by atoms with Crippen LogP contribution in [-0.2, 0) is 0 Å². The average molecular weight is 262 g/mol. The number of rotatable bonds is 3. The number of fused-ring (bicyclic) bond motifs is 1. The lowest BCUT2D eigenvalue weighted by molar-refractivity contribution is 0.0699.